The van der Waals surface area contributed by atoms with E-state index in [0.717, 1.165) is 80.1 Å². The zero-order valence-electron chi connectivity index (χ0n) is 32.1. The second-order valence-corrected chi connectivity index (χ2v) is 17.4. The fourth-order valence-electron chi connectivity index (χ4n) is 7.34. The fraction of sp³-hybridized carbons (Fsp3) is 0.143. The van der Waals surface area contributed by atoms with E-state index in [-0.39, 0.29) is 21.2 Å². The quantitative estimate of drug-likeness (QED) is 0.0823. The monoisotopic (exact) mass is 872 g/mol. The molecule has 0 aliphatic heterocycles. The van der Waals surface area contributed by atoms with Crippen molar-refractivity contribution in [3.05, 3.63) is 160 Å². The Morgan fingerprint density at radius 3 is 2.21 bits per heavy atom. The molecule has 2 aliphatic carbocycles. The topological polar surface area (TPSA) is 78.6 Å². The third-order valence-corrected chi connectivity index (χ3v) is 13.7. The van der Waals surface area contributed by atoms with E-state index < -0.39 is 0 Å². The van der Waals surface area contributed by atoms with E-state index in [1.807, 2.05) is 37.3 Å². The predicted octanol–water partition coefficient (Wildman–Crippen LogP) is 9.00. The third kappa shape index (κ3) is 7.59. The average molecular weight is 873 g/mol. The first-order chi connectivity index (χ1) is 28.1. The van der Waals surface area contributed by atoms with E-state index in [2.05, 4.69) is 126 Å². The molecule has 0 saturated carbocycles. The van der Waals surface area contributed by atoms with Gasteiger partial charge in [-0.15, -0.1) is 0 Å². The minimum Gasteiger partial charge on any atom is -0.240 e. The van der Waals surface area contributed by atoms with Crippen molar-refractivity contribution in [1.82, 2.24) is 24.9 Å². The van der Waals surface area contributed by atoms with E-state index in [0.29, 0.717) is 23.3 Å². The predicted molar refractivity (Wildman–Crippen MR) is 233 cm³/mol. The van der Waals surface area contributed by atoms with Crippen LogP contribution < -0.4 is 26.2 Å². The SMILES string of the molecule is C/C=C\C=C(/C)c1nc(-c2ccc3c(c2)sc2c(-c4nc(-c5ccccc5)nc(-c5ccc(C6=C([I-]C)C=CCC6)cc5)n4)cccc23)nc(C2=CCCC=C2)[nH+]1. The second-order valence-electron chi connectivity index (χ2n) is 14.1. The van der Waals surface area contributed by atoms with Gasteiger partial charge in [-0.1, -0.05) is 64.6 Å². The fourth-order valence-corrected chi connectivity index (χ4v) is 10.4. The molecule has 8 heteroatoms. The Morgan fingerprint density at radius 1 is 0.702 bits per heavy atom. The van der Waals surface area contributed by atoms with Crippen molar-refractivity contribution in [2.24, 2.45) is 0 Å². The minimum absolute atomic E-state index is 0.00388. The molecule has 6 nitrogen and oxygen atoms in total. The molecule has 0 spiro atoms. The van der Waals surface area contributed by atoms with E-state index >= 15 is 0 Å². The number of hydrogen-bond donors (Lipinski definition) is 0. The molecule has 9 rings (SSSR count). The first-order valence-corrected chi connectivity index (χ1v) is 23.4. The van der Waals surface area contributed by atoms with Crippen LogP contribution in [-0.2, 0) is 0 Å². The number of nitrogens with zero attached hydrogens (tertiary/aromatic N) is 5. The van der Waals surface area contributed by atoms with Gasteiger partial charge in [-0.2, -0.15) is 0 Å². The summed E-state index contributed by atoms with van der Waals surface area (Å²) in [6.07, 6.45) is 21.6. The van der Waals surface area contributed by atoms with Crippen LogP contribution in [0.1, 0.15) is 56.7 Å². The number of fused-ring (bicyclic) bond motifs is 3. The molecule has 280 valence electrons. The van der Waals surface area contributed by atoms with Crippen LogP contribution in [0.25, 0.3) is 82.4 Å². The van der Waals surface area contributed by atoms with Gasteiger partial charge in [0.2, 0.25) is 0 Å². The van der Waals surface area contributed by atoms with Crippen LogP contribution in [0.5, 0.6) is 0 Å². The van der Waals surface area contributed by atoms with Crippen molar-refractivity contribution in [2.45, 2.75) is 39.5 Å². The number of hydrogen-bond acceptors (Lipinski definition) is 6. The van der Waals surface area contributed by atoms with E-state index in [9.17, 15) is 0 Å². The maximum atomic E-state index is 5.18. The second kappa shape index (κ2) is 16.4. The molecule has 0 fully saturated rings. The summed E-state index contributed by atoms with van der Waals surface area (Å²) in [6, 6.07) is 32.0. The summed E-state index contributed by atoms with van der Waals surface area (Å²) in [5.41, 5.74) is 8.79. The Labute approximate surface area is 347 Å². The number of alkyl halides is 1. The summed E-state index contributed by atoms with van der Waals surface area (Å²) in [5.74, 6) is 4.30. The van der Waals surface area contributed by atoms with E-state index in [1.165, 1.54) is 25.5 Å². The Balaban J connectivity index is 1.15. The number of H-pyrrole nitrogens is 1. The Hall–Kier alpha value is -5.71. The maximum absolute atomic E-state index is 5.18. The van der Waals surface area contributed by atoms with Crippen molar-refractivity contribution in [3.8, 4) is 45.6 Å². The smallest absolute Gasteiger partial charge is 0.240 e. The van der Waals surface area contributed by atoms with Gasteiger partial charge in [-0.3, -0.25) is 0 Å². The summed E-state index contributed by atoms with van der Waals surface area (Å²) >= 11 is 1.76. The first-order valence-electron chi connectivity index (χ1n) is 19.3. The summed E-state index contributed by atoms with van der Waals surface area (Å²) in [6.45, 7) is 4.10. The zero-order valence-corrected chi connectivity index (χ0v) is 35.1. The van der Waals surface area contributed by atoms with Crippen molar-refractivity contribution in [3.63, 3.8) is 0 Å². The van der Waals surface area contributed by atoms with Crippen LogP contribution in [0.4, 0.5) is 0 Å². The summed E-state index contributed by atoms with van der Waals surface area (Å²) in [4.78, 5) is 31.3. The van der Waals surface area contributed by atoms with E-state index in [4.69, 9.17) is 24.9 Å². The number of rotatable bonds is 9. The summed E-state index contributed by atoms with van der Waals surface area (Å²) in [7, 11) is 0. The van der Waals surface area contributed by atoms with Crippen molar-refractivity contribution < 1.29 is 26.2 Å². The van der Waals surface area contributed by atoms with Gasteiger partial charge >= 0.3 is 203 Å². The Kier molecular flexibility index (Phi) is 10.6. The standard InChI is InChI=1S/C49H40IN6S/c1-4-5-15-31(2)44-51-45(33-16-8-6-9-17-33)54-48(52-44)36-28-29-38-39-21-14-22-40(43(39)57-42(38)30-36)49-55-46(34-18-10-7-11-19-34)53-47(56-49)35-26-24-32(25-27-35)37-20-12-13-23-41(37)50-3/h4-5,7-8,10-11,13-19,21-30H,6,9,12,20H2,1-3H3/q-1/p+1/b5-4-,31-15+. The summed E-state index contributed by atoms with van der Waals surface area (Å²) < 4.78 is 3.81. The average Bonchev–Trinajstić information content (AvgIpc) is 3.67. The molecular weight excluding hydrogens is 832 g/mol. The molecule has 0 saturated heterocycles. The molecule has 0 unspecified atom stereocenters. The van der Waals surface area contributed by atoms with Gasteiger partial charge in [-0.25, -0.2) is 4.98 Å². The van der Waals surface area contributed by atoms with Gasteiger partial charge in [0.15, 0.2) is 0 Å². The Morgan fingerprint density at radius 2 is 1.44 bits per heavy atom. The van der Waals surface area contributed by atoms with Crippen molar-refractivity contribution in [2.75, 3.05) is 4.93 Å². The number of benzene rings is 4. The number of thiophene rings is 1. The molecule has 0 amide bonds. The zero-order chi connectivity index (χ0) is 38.7. The van der Waals surface area contributed by atoms with Crippen LogP contribution in [0.2, 0.25) is 0 Å². The molecule has 3 aromatic heterocycles. The van der Waals surface area contributed by atoms with Crippen molar-refractivity contribution >= 4 is 48.2 Å². The van der Waals surface area contributed by atoms with Gasteiger partial charge in [-0.05, 0) is 38.8 Å². The van der Waals surface area contributed by atoms with Crippen LogP contribution >= 0.6 is 11.3 Å². The van der Waals surface area contributed by atoms with Gasteiger partial charge < -0.3 is 0 Å². The molecule has 0 radical (unpaired) electrons. The van der Waals surface area contributed by atoms with E-state index in [1.54, 1.807) is 11.3 Å². The van der Waals surface area contributed by atoms with Crippen molar-refractivity contribution in [1.29, 1.82) is 0 Å². The van der Waals surface area contributed by atoms with Crippen LogP contribution in [0.15, 0.2) is 143 Å². The number of allylic oxidation sites excluding steroid dienone is 12. The molecule has 2 aliphatic rings. The normalized spacial score (nSPS) is 14.7. The number of halogens is 1. The van der Waals surface area contributed by atoms with Gasteiger partial charge in [0.1, 0.15) is 0 Å². The molecule has 7 aromatic rings. The minimum atomic E-state index is 0.00388. The number of aromatic nitrogens is 6. The molecule has 3 heterocycles. The summed E-state index contributed by atoms with van der Waals surface area (Å²) in [5, 5.41) is 2.35. The van der Waals surface area contributed by atoms with Gasteiger partial charge in [0.05, 0.1) is 5.56 Å². The molecular formula is C49H41IN6S. The molecule has 1 N–H and O–H groups in total. The van der Waals surface area contributed by atoms with Crippen LogP contribution in [0.3, 0.4) is 0 Å². The number of aromatic amines is 1. The molecule has 0 atom stereocenters. The third-order valence-electron chi connectivity index (χ3n) is 10.3. The van der Waals surface area contributed by atoms with Gasteiger partial charge in [0.25, 0.3) is 11.6 Å². The van der Waals surface area contributed by atoms with Crippen LogP contribution in [0, 0.1) is 0 Å². The van der Waals surface area contributed by atoms with Crippen LogP contribution in [-0.4, -0.2) is 29.9 Å². The molecule has 4 aromatic carbocycles. The first kappa shape index (κ1) is 36.9. The number of nitrogens with one attached hydrogen (secondary N) is 1. The molecule has 57 heavy (non-hydrogen) atoms. The Bertz CT molecular complexity index is 2840. The van der Waals surface area contributed by atoms with Gasteiger partial charge in [0, 0.05) is 21.2 Å². The molecule has 0 bridgehead atoms.